The Morgan fingerprint density at radius 3 is 1.79 bits per heavy atom. The largest absolute Gasteiger partial charge is 0.505 e. The second kappa shape index (κ2) is 2.99. The third-order valence-corrected chi connectivity index (χ3v) is 2.01. The number of primary amides is 1. The highest BCUT2D eigenvalue weighted by molar-refractivity contribution is 6.06. The van der Waals surface area contributed by atoms with Gasteiger partial charge in [0.15, 0.2) is 0 Å². The number of amides is 1. The lowest BCUT2D eigenvalue weighted by Crippen LogP contribution is -2.16. The number of benzene rings is 1. The summed E-state index contributed by atoms with van der Waals surface area (Å²) in [6, 6.07) is 0. The molecule has 0 aliphatic rings. The van der Waals surface area contributed by atoms with Gasteiger partial charge in [-0.05, 0) is 6.92 Å². The van der Waals surface area contributed by atoms with Crippen LogP contribution >= 0.6 is 0 Å². The molecular formula is C8H11N3O3. The van der Waals surface area contributed by atoms with E-state index in [9.17, 15) is 15.0 Å². The van der Waals surface area contributed by atoms with Gasteiger partial charge in [0, 0.05) is 5.56 Å². The number of carbonyl (C=O) groups excluding carboxylic acids is 1. The molecule has 1 rings (SSSR count). The van der Waals surface area contributed by atoms with Crippen molar-refractivity contribution < 1.29 is 15.0 Å². The van der Waals surface area contributed by atoms with E-state index < -0.39 is 5.91 Å². The van der Waals surface area contributed by atoms with Gasteiger partial charge in [-0.15, -0.1) is 0 Å². The first-order valence-electron chi connectivity index (χ1n) is 3.77. The van der Waals surface area contributed by atoms with Crippen LogP contribution in [0.5, 0.6) is 11.5 Å². The molecule has 1 aromatic carbocycles. The fourth-order valence-corrected chi connectivity index (χ4v) is 1.16. The predicted octanol–water partition coefficient (Wildman–Crippen LogP) is -0.330. The van der Waals surface area contributed by atoms with E-state index in [1.54, 1.807) is 0 Å². The minimum Gasteiger partial charge on any atom is -0.505 e. The highest BCUT2D eigenvalue weighted by Crippen LogP contribution is 2.40. The molecule has 6 nitrogen and oxygen atoms in total. The maximum absolute atomic E-state index is 10.9. The maximum Gasteiger partial charge on any atom is 0.253 e. The molecule has 8 N–H and O–H groups in total. The second-order valence-corrected chi connectivity index (χ2v) is 2.89. The lowest BCUT2D eigenvalue weighted by molar-refractivity contribution is 0.100. The minimum absolute atomic E-state index is 0.116. The third kappa shape index (κ3) is 1.17. The van der Waals surface area contributed by atoms with Crippen LogP contribution in [0, 0.1) is 6.92 Å². The maximum atomic E-state index is 10.9. The molecule has 6 heteroatoms. The van der Waals surface area contributed by atoms with Gasteiger partial charge in [-0.3, -0.25) is 4.79 Å². The van der Waals surface area contributed by atoms with Crippen molar-refractivity contribution >= 4 is 17.3 Å². The molecule has 0 atom stereocenters. The molecule has 14 heavy (non-hydrogen) atoms. The first-order valence-corrected chi connectivity index (χ1v) is 3.77. The number of hydrogen-bond acceptors (Lipinski definition) is 5. The quantitative estimate of drug-likeness (QED) is 0.238. The van der Waals surface area contributed by atoms with Crippen molar-refractivity contribution in [1.82, 2.24) is 0 Å². The smallest absolute Gasteiger partial charge is 0.253 e. The van der Waals surface area contributed by atoms with E-state index in [0.717, 1.165) is 0 Å². The Labute approximate surface area is 79.9 Å². The number of carbonyl (C=O) groups is 1. The first-order chi connectivity index (χ1) is 6.37. The van der Waals surface area contributed by atoms with Crippen molar-refractivity contribution in [1.29, 1.82) is 0 Å². The van der Waals surface area contributed by atoms with Gasteiger partial charge in [0.2, 0.25) is 0 Å². The first kappa shape index (κ1) is 9.97. The molecule has 0 aromatic heterocycles. The van der Waals surface area contributed by atoms with E-state index in [-0.39, 0.29) is 34.0 Å². The zero-order chi connectivity index (χ0) is 11.0. The Morgan fingerprint density at radius 1 is 1.14 bits per heavy atom. The van der Waals surface area contributed by atoms with Gasteiger partial charge < -0.3 is 27.4 Å². The van der Waals surface area contributed by atoms with Crippen LogP contribution in [0.1, 0.15) is 15.9 Å². The van der Waals surface area contributed by atoms with E-state index in [1.165, 1.54) is 6.92 Å². The van der Waals surface area contributed by atoms with E-state index in [1.807, 2.05) is 0 Å². The van der Waals surface area contributed by atoms with Crippen LogP contribution in [-0.4, -0.2) is 16.1 Å². The van der Waals surface area contributed by atoms with Crippen LogP contribution in [-0.2, 0) is 0 Å². The number of nitrogen functional groups attached to an aromatic ring is 2. The lowest BCUT2D eigenvalue weighted by atomic mass is 10.0. The monoisotopic (exact) mass is 197 g/mol. The zero-order valence-electron chi connectivity index (χ0n) is 7.53. The number of rotatable bonds is 1. The van der Waals surface area contributed by atoms with Crippen LogP contribution < -0.4 is 17.2 Å². The molecule has 0 aliphatic heterocycles. The average Bonchev–Trinajstić information content (AvgIpc) is 2.11. The predicted molar refractivity (Wildman–Crippen MR) is 51.9 cm³/mol. The van der Waals surface area contributed by atoms with Crippen LogP contribution in [0.15, 0.2) is 0 Å². The summed E-state index contributed by atoms with van der Waals surface area (Å²) in [7, 11) is 0. The van der Waals surface area contributed by atoms with Crippen molar-refractivity contribution in [2.24, 2.45) is 5.73 Å². The highest BCUT2D eigenvalue weighted by atomic mass is 16.3. The van der Waals surface area contributed by atoms with Crippen molar-refractivity contribution in [3.8, 4) is 11.5 Å². The Morgan fingerprint density at radius 2 is 1.50 bits per heavy atom. The summed E-state index contributed by atoms with van der Waals surface area (Å²) in [6.45, 7) is 1.42. The van der Waals surface area contributed by atoms with Gasteiger partial charge in [0.25, 0.3) is 5.91 Å². The van der Waals surface area contributed by atoms with Gasteiger partial charge in [0.05, 0.1) is 16.9 Å². The summed E-state index contributed by atoms with van der Waals surface area (Å²) in [6.07, 6.45) is 0. The molecule has 0 aliphatic carbocycles. The SMILES string of the molecule is Cc1c(O)c(N)c(C(N)=O)c(N)c1O. The number of phenolic OH excluding ortho intramolecular Hbond substituents is 2. The summed E-state index contributed by atoms with van der Waals surface area (Å²) >= 11 is 0. The Hall–Kier alpha value is -2.11. The summed E-state index contributed by atoms with van der Waals surface area (Å²) in [5.41, 5.74) is 15.2. The molecule has 0 saturated heterocycles. The molecule has 0 radical (unpaired) electrons. The molecule has 0 saturated carbocycles. The van der Waals surface area contributed by atoms with Crippen LogP contribution in [0.25, 0.3) is 0 Å². The molecule has 0 bridgehead atoms. The molecule has 1 aromatic rings. The van der Waals surface area contributed by atoms with Crippen molar-refractivity contribution in [3.63, 3.8) is 0 Å². The molecular weight excluding hydrogens is 186 g/mol. The van der Waals surface area contributed by atoms with Gasteiger partial charge in [-0.25, -0.2) is 0 Å². The zero-order valence-corrected chi connectivity index (χ0v) is 7.53. The summed E-state index contributed by atoms with van der Waals surface area (Å²) in [5.74, 6) is -1.67. The number of aromatic hydroxyl groups is 2. The third-order valence-electron chi connectivity index (χ3n) is 2.01. The number of phenols is 2. The minimum atomic E-state index is -0.898. The molecule has 0 heterocycles. The second-order valence-electron chi connectivity index (χ2n) is 2.89. The standard InChI is InChI=1S/C8H11N3O3/c1-2-6(12)4(9)3(8(11)14)5(10)7(2)13/h12-13H,9-10H2,1H3,(H2,11,14). The summed E-state index contributed by atoms with van der Waals surface area (Å²) in [4.78, 5) is 10.9. The fraction of sp³-hybridized carbons (Fsp3) is 0.125. The number of nitrogens with two attached hydrogens (primary N) is 3. The van der Waals surface area contributed by atoms with E-state index in [4.69, 9.17) is 17.2 Å². The van der Waals surface area contributed by atoms with Crippen molar-refractivity contribution in [2.45, 2.75) is 6.92 Å². The molecule has 0 fully saturated rings. The molecule has 1 amide bonds. The van der Waals surface area contributed by atoms with Gasteiger partial charge >= 0.3 is 0 Å². The Balaban J connectivity index is 3.68. The van der Waals surface area contributed by atoms with Gasteiger partial charge in [0.1, 0.15) is 11.5 Å². The number of hydrogen-bond donors (Lipinski definition) is 5. The van der Waals surface area contributed by atoms with Gasteiger partial charge in [-0.1, -0.05) is 0 Å². The molecule has 0 unspecified atom stereocenters. The van der Waals surface area contributed by atoms with E-state index in [2.05, 4.69) is 0 Å². The summed E-state index contributed by atoms with van der Waals surface area (Å²) < 4.78 is 0. The molecule has 76 valence electrons. The van der Waals surface area contributed by atoms with Crippen molar-refractivity contribution in [2.75, 3.05) is 11.5 Å². The fourth-order valence-electron chi connectivity index (χ4n) is 1.16. The van der Waals surface area contributed by atoms with E-state index in [0.29, 0.717) is 0 Å². The molecule has 0 spiro atoms. The topological polar surface area (TPSA) is 136 Å². The lowest BCUT2D eigenvalue weighted by Gasteiger charge is -2.12. The number of anilines is 2. The van der Waals surface area contributed by atoms with E-state index >= 15 is 0 Å². The van der Waals surface area contributed by atoms with Crippen molar-refractivity contribution in [3.05, 3.63) is 11.1 Å². The highest BCUT2D eigenvalue weighted by Gasteiger charge is 2.20. The van der Waals surface area contributed by atoms with Gasteiger partial charge in [-0.2, -0.15) is 0 Å². The van der Waals surface area contributed by atoms with Crippen LogP contribution in [0.4, 0.5) is 11.4 Å². The Kier molecular flexibility index (Phi) is 2.13. The van der Waals surface area contributed by atoms with Crippen LogP contribution in [0.2, 0.25) is 0 Å². The Bertz CT molecular complexity index is 386. The average molecular weight is 197 g/mol. The normalized spacial score (nSPS) is 10.1. The summed E-state index contributed by atoms with van der Waals surface area (Å²) in [5, 5.41) is 18.8. The van der Waals surface area contributed by atoms with Crippen LogP contribution in [0.3, 0.4) is 0 Å².